The molecular weight excluding hydrogens is 310 g/mol. The summed E-state index contributed by atoms with van der Waals surface area (Å²) in [6.07, 6.45) is 0. The topological polar surface area (TPSA) is 12.0 Å². The molecule has 0 saturated carbocycles. The third-order valence-electron chi connectivity index (χ3n) is 4.42. The van der Waals surface area contributed by atoms with Crippen molar-refractivity contribution < 1.29 is 0 Å². The molecule has 1 nitrogen and oxygen atoms in total. The Bertz CT molecular complexity index is 1000. The molecule has 0 saturated heterocycles. The highest BCUT2D eigenvalue weighted by atomic mass is 32.1. The molecule has 0 atom stereocenters. The van der Waals surface area contributed by atoms with Gasteiger partial charge in [0.05, 0.1) is 0 Å². The monoisotopic (exact) mass is 331 g/mol. The lowest BCUT2D eigenvalue weighted by molar-refractivity contribution is 0.590. The number of fused-ring (bicyclic) bond motifs is 3. The van der Waals surface area contributed by atoms with E-state index in [9.17, 15) is 0 Å². The molecule has 0 spiro atoms. The molecule has 0 aliphatic carbocycles. The van der Waals surface area contributed by atoms with Gasteiger partial charge in [0, 0.05) is 31.5 Å². The first-order chi connectivity index (χ1) is 11.5. The van der Waals surface area contributed by atoms with Crippen LogP contribution in [0.3, 0.4) is 0 Å². The molecule has 0 bridgehead atoms. The van der Waals surface area contributed by atoms with Crippen molar-refractivity contribution in [3.8, 4) is 0 Å². The fourth-order valence-corrected chi connectivity index (χ4v) is 4.17. The van der Waals surface area contributed by atoms with Crippen LogP contribution in [0, 0.1) is 0 Å². The Hall–Kier alpha value is -2.32. The molecule has 3 aromatic carbocycles. The van der Waals surface area contributed by atoms with E-state index in [1.165, 1.54) is 25.7 Å². The molecule has 24 heavy (non-hydrogen) atoms. The molecule has 1 N–H and O–H groups in total. The second kappa shape index (κ2) is 5.64. The summed E-state index contributed by atoms with van der Waals surface area (Å²) in [4.78, 5) is 0. The van der Waals surface area contributed by atoms with Crippen LogP contribution in [0.2, 0.25) is 0 Å². The first-order valence-electron chi connectivity index (χ1n) is 8.29. The molecule has 0 fully saturated rings. The molecule has 0 amide bonds. The number of nitrogens with one attached hydrogen (secondary N) is 1. The van der Waals surface area contributed by atoms with E-state index in [1.807, 2.05) is 11.3 Å². The average molecular weight is 331 g/mol. The lowest BCUT2D eigenvalue weighted by Crippen LogP contribution is -2.10. The van der Waals surface area contributed by atoms with E-state index in [0.29, 0.717) is 0 Å². The minimum Gasteiger partial charge on any atom is -0.355 e. The van der Waals surface area contributed by atoms with Crippen molar-refractivity contribution in [1.29, 1.82) is 0 Å². The second-order valence-corrected chi connectivity index (χ2v) is 8.35. The third kappa shape index (κ3) is 2.78. The molecule has 0 unspecified atom stereocenters. The van der Waals surface area contributed by atoms with Gasteiger partial charge in [-0.25, -0.2) is 0 Å². The van der Waals surface area contributed by atoms with Crippen LogP contribution < -0.4 is 5.32 Å². The molecule has 4 aromatic rings. The van der Waals surface area contributed by atoms with E-state index >= 15 is 0 Å². The van der Waals surface area contributed by atoms with Crippen molar-refractivity contribution in [2.45, 2.75) is 26.2 Å². The fourth-order valence-electron chi connectivity index (χ4n) is 3.02. The van der Waals surface area contributed by atoms with E-state index in [-0.39, 0.29) is 5.41 Å². The predicted molar refractivity (Wildman–Crippen MR) is 108 cm³/mol. The van der Waals surface area contributed by atoms with Crippen LogP contribution in [0.4, 0.5) is 11.4 Å². The Morgan fingerprint density at radius 2 is 1.38 bits per heavy atom. The summed E-state index contributed by atoms with van der Waals surface area (Å²) in [5.74, 6) is 0. The standard InChI is InChI=1S/C22H21NS/c1-22(2,3)15-8-10-16(11-9-15)23-17-12-13-19-18-6-4-5-7-20(18)24-21(19)14-17/h4-14,23H,1-3H3. The summed E-state index contributed by atoms with van der Waals surface area (Å²) < 4.78 is 2.67. The summed E-state index contributed by atoms with van der Waals surface area (Å²) >= 11 is 1.85. The van der Waals surface area contributed by atoms with Crippen LogP contribution in [0.25, 0.3) is 20.2 Å². The highest BCUT2D eigenvalue weighted by molar-refractivity contribution is 7.25. The minimum absolute atomic E-state index is 0.189. The van der Waals surface area contributed by atoms with E-state index in [4.69, 9.17) is 0 Å². The van der Waals surface area contributed by atoms with E-state index in [1.54, 1.807) is 0 Å². The van der Waals surface area contributed by atoms with E-state index in [0.717, 1.165) is 11.4 Å². The number of rotatable bonds is 2. The number of anilines is 2. The van der Waals surface area contributed by atoms with Crippen LogP contribution in [0.15, 0.2) is 66.7 Å². The number of hydrogen-bond acceptors (Lipinski definition) is 2. The lowest BCUT2D eigenvalue weighted by atomic mass is 9.87. The molecule has 0 aliphatic heterocycles. The summed E-state index contributed by atoms with van der Waals surface area (Å²) in [5, 5.41) is 6.21. The number of thiophene rings is 1. The van der Waals surface area contributed by atoms with Gasteiger partial charge in [-0.3, -0.25) is 0 Å². The lowest BCUT2D eigenvalue weighted by Gasteiger charge is -2.19. The van der Waals surface area contributed by atoms with Gasteiger partial charge in [0.25, 0.3) is 0 Å². The Morgan fingerprint density at radius 3 is 2.12 bits per heavy atom. The molecule has 120 valence electrons. The summed E-state index contributed by atoms with van der Waals surface area (Å²) in [6.45, 7) is 6.72. The van der Waals surface area contributed by atoms with E-state index in [2.05, 4.69) is 92.8 Å². The zero-order valence-electron chi connectivity index (χ0n) is 14.3. The summed E-state index contributed by atoms with van der Waals surface area (Å²) in [6, 6.07) is 24.0. The quantitative estimate of drug-likeness (QED) is 0.413. The molecular formula is C22H21NS. The first-order valence-corrected chi connectivity index (χ1v) is 9.11. The van der Waals surface area contributed by atoms with Crippen LogP contribution in [0.1, 0.15) is 26.3 Å². The van der Waals surface area contributed by atoms with Gasteiger partial charge in [-0.1, -0.05) is 57.2 Å². The first kappa shape index (κ1) is 15.2. The van der Waals surface area contributed by atoms with E-state index < -0.39 is 0 Å². The SMILES string of the molecule is CC(C)(C)c1ccc(Nc2ccc3c(c2)sc2ccccc23)cc1. The molecule has 4 rings (SSSR count). The maximum atomic E-state index is 3.53. The molecule has 1 aromatic heterocycles. The number of hydrogen-bond donors (Lipinski definition) is 1. The van der Waals surface area contributed by atoms with Crippen molar-refractivity contribution in [1.82, 2.24) is 0 Å². The van der Waals surface area contributed by atoms with Gasteiger partial charge in [0.2, 0.25) is 0 Å². The van der Waals surface area contributed by atoms with Gasteiger partial charge < -0.3 is 5.32 Å². The van der Waals surface area contributed by atoms with Crippen molar-refractivity contribution in [2.75, 3.05) is 5.32 Å². The highest BCUT2D eigenvalue weighted by Gasteiger charge is 2.12. The Balaban J connectivity index is 1.66. The number of benzene rings is 3. The van der Waals surface area contributed by atoms with Crippen molar-refractivity contribution in [3.05, 3.63) is 72.3 Å². The van der Waals surface area contributed by atoms with Crippen molar-refractivity contribution in [2.24, 2.45) is 0 Å². The molecule has 0 aliphatic rings. The largest absolute Gasteiger partial charge is 0.355 e. The van der Waals surface area contributed by atoms with Crippen LogP contribution in [-0.2, 0) is 5.41 Å². The van der Waals surface area contributed by atoms with Gasteiger partial charge in [0.15, 0.2) is 0 Å². The Labute approximate surface area is 147 Å². The zero-order valence-corrected chi connectivity index (χ0v) is 15.1. The Morgan fingerprint density at radius 1 is 0.708 bits per heavy atom. The minimum atomic E-state index is 0.189. The molecule has 0 radical (unpaired) electrons. The van der Waals surface area contributed by atoms with Gasteiger partial charge in [-0.2, -0.15) is 0 Å². The fraction of sp³-hybridized carbons (Fsp3) is 0.182. The Kier molecular flexibility index (Phi) is 3.58. The van der Waals surface area contributed by atoms with Crippen LogP contribution in [-0.4, -0.2) is 0 Å². The van der Waals surface area contributed by atoms with Gasteiger partial charge in [0.1, 0.15) is 0 Å². The summed E-state index contributed by atoms with van der Waals surface area (Å²) in [5.41, 5.74) is 3.81. The summed E-state index contributed by atoms with van der Waals surface area (Å²) in [7, 11) is 0. The maximum Gasteiger partial charge on any atom is 0.0398 e. The highest BCUT2D eigenvalue weighted by Crippen LogP contribution is 2.35. The normalized spacial score (nSPS) is 12.0. The zero-order chi connectivity index (χ0) is 16.7. The van der Waals surface area contributed by atoms with Gasteiger partial charge in [-0.05, 0) is 41.3 Å². The predicted octanol–water partition coefficient (Wildman–Crippen LogP) is 7.10. The smallest absolute Gasteiger partial charge is 0.0398 e. The molecule has 2 heteroatoms. The second-order valence-electron chi connectivity index (χ2n) is 7.26. The van der Waals surface area contributed by atoms with Gasteiger partial charge in [-0.15, -0.1) is 11.3 Å². The van der Waals surface area contributed by atoms with Crippen molar-refractivity contribution >= 4 is 42.9 Å². The van der Waals surface area contributed by atoms with Crippen LogP contribution >= 0.6 is 11.3 Å². The maximum absolute atomic E-state index is 3.53. The van der Waals surface area contributed by atoms with Crippen molar-refractivity contribution in [3.63, 3.8) is 0 Å². The van der Waals surface area contributed by atoms with Crippen LogP contribution in [0.5, 0.6) is 0 Å². The van der Waals surface area contributed by atoms with Gasteiger partial charge >= 0.3 is 0 Å². The average Bonchev–Trinajstić information content (AvgIpc) is 2.92. The third-order valence-corrected chi connectivity index (χ3v) is 5.55. The molecule has 1 heterocycles.